The fraction of sp³-hybridized carbons (Fsp3) is 0.304. The molecule has 0 radical (unpaired) electrons. The van der Waals surface area contributed by atoms with Crippen LogP contribution < -0.4 is 20.1 Å². The number of amides is 1. The molecular weight excluding hydrogens is 437 g/mol. The van der Waals surface area contributed by atoms with Crippen LogP contribution in [-0.4, -0.2) is 28.7 Å². The van der Waals surface area contributed by atoms with Crippen LogP contribution >= 0.6 is 0 Å². The van der Waals surface area contributed by atoms with Crippen LogP contribution in [-0.2, 0) is 0 Å². The number of nitrogens with zero attached hydrogens (tertiary/aromatic N) is 2. The molecule has 3 aromatic rings. The van der Waals surface area contributed by atoms with E-state index in [1.54, 1.807) is 24.3 Å². The zero-order chi connectivity index (χ0) is 23.3. The molecule has 5 rings (SSSR count). The number of carbonyl (C=O) groups is 1. The van der Waals surface area contributed by atoms with Crippen molar-refractivity contribution in [3.05, 3.63) is 64.8 Å². The van der Waals surface area contributed by atoms with Crippen LogP contribution in [0.1, 0.15) is 45.7 Å². The number of carbonyl (C=O) groups excluding carboxylic acids is 1. The summed E-state index contributed by atoms with van der Waals surface area (Å²) in [6.45, 7) is 3.80. The fourth-order valence-electron chi connectivity index (χ4n) is 4.09. The molecule has 10 heteroatoms. The first kappa shape index (κ1) is 21.2. The van der Waals surface area contributed by atoms with Crippen LogP contribution in [0.3, 0.4) is 0 Å². The lowest BCUT2D eigenvalue weighted by atomic mass is 9.96. The van der Waals surface area contributed by atoms with E-state index in [1.165, 1.54) is 6.07 Å². The number of ether oxygens (including phenoxy) is 2. The Morgan fingerprint density at radius 2 is 1.91 bits per heavy atom. The van der Waals surface area contributed by atoms with Crippen molar-refractivity contribution in [2.24, 2.45) is 0 Å². The van der Waals surface area contributed by atoms with Gasteiger partial charge in [0.15, 0.2) is 23.2 Å². The summed E-state index contributed by atoms with van der Waals surface area (Å²) in [5.74, 6) is 0.591. The van der Waals surface area contributed by atoms with E-state index in [1.807, 2.05) is 26.0 Å². The lowest BCUT2D eigenvalue weighted by Gasteiger charge is -2.33. The number of fused-ring (bicyclic) bond motifs is 2. The van der Waals surface area contributed by atoms with E-state index in [4.69, 9.17) is 9.47 Å². The molecule has 172 valence electrons. The molecule has 2 aliphatic rings. The summed E-state index contributed by atoms with van der Waals surface area (Å²) in [7, 11) is 0. The number of rotatable bonds is 3. The Labute approximate surface area is 187 Å². The summed E-state index contributed by atoms with van der Waals surface area (Å²) >= 11 is 0. The van der Waals surface area contributed by atoms with Crippen LogP contribution in [0, 0.1) is 13.8 Å². The Morgan fingerprint density at radius 1 is 1.12 bits per heavy atom. The smallest absolute Gasteiger partial charge is 0.410 e. The third-order valence-corrected chi connectivity index (χ3v) is 5.86. The fourth-order valence-corrected chi connectivity index (χ4v) is 4.09. The summed E-state index contributed by atoms with van der Waals surface area (Å²) in [6, 6.07) is 9.45. The molecule has 0 spiro atoms. The number of halogens is 3. The number of hydrogen-bond acceptors (Lipinski definition) is 5. The topological polar surface area (TPSA) is 77.4 Å². The van der Waals surface area contributed by atoms with E-state index < -0.39 is 24.2 Å². The third-order valence-electron chi connectivity index (χ3n) is 5.86. The molecule has 0 bridgehead atoms. The molecule has 3 heterocycles. The normalized spacial score (nSPS) is 19.1. The average Bonchev–Trinajstić information content (AvgIpc) is 3.41. The van der Waals surface area contributed by atoms with Crippen molar-refractivity contribution in [2.45, 2.75) is 38.5 Å². The summed E-state index contributed by atoms with van der Waals surface area (Å²) in [6.07, 6.45) is -4.83. The van der Waals surface area contributed by atoms with Crippen molar-refractivity contribution in [3.8, 4) is 11.5 Å². The van der Waals surface area contributed by atoms with Gasteiger partial charge in [0.25, 0.3) is 5.91 Å². The molecule has 0 saturated heterocycles. The van der Waals surface area contributed by atoms with Crippen molar-refractivity contribution in [1.29, 1.82) is 0 Å². The maximum atomic E-state index is 13.9. The third kappa shape index (κ3) is 3.96. The number of anilines is 2. The average molecular weight is 458 g/mol. The second kappa shape index (κ2) is 7.72. The van der Waals surface area contributed by atoms with Crippen LogP contribution in [0.2, 0.25) is 0 Å². The van der Waals surface area contributed by atoms with Crippen LogP contribution in [0.4, 0.5) is 24.7 Å². The number of aryl methyl sites for hydroxylation is 2. The molecule has 7 nitrogen and oxygen atoms in total. The molecule has 1 amide bonds. The van der Waals surface area contributed by atoms with Gasteiger partial charge in [0.1, 0.15) is 5.82 Å². The minimum Gasteiger partial charge on any atom is -0.454 e. The lowest BCUT2D eigenvalue weighted by Crippen LogP contribution is -2.35. The molecule has 2 unspecified atom stereocenters. The van der Waals surface area contributed by atoms with Gasteiger partial charge in [0.2, 0.25) is 6.79 Å². The first-order valence-corrected chi connectivity index (χ1v) is 10.4. The highest BCUT2D eigenvalue weighted by atomic mass is 19.4. The monoisotopic (exact) mass is 458 g/mol. The lowest BCUT2D eigenvalue weighted by molar-refractivity contribution is -0.173. The maximum Gasteiger partial charge on any atom is 0.410 e. The summed E-state index contributed by atoms with van der Waals surface area (Å²) < 4.78 is 53.3. The summed E-state index contributed by atoms with van der Waals surface area (Å²) in [5, 5.41) is 9.85. The van der Waals surface area contributed by atoms with Gasteiger partial charge >= 0.3 is 6.18 Å². The SMILES string of the molecule is Cc1ccc(C)c(NC(=O)c2cc3n(n2)C(C(F)(F)F)CC(c2ccc4c(c2)OCO4)N3)c1. The van der Waals surface area contributed by atoms with Gasteiger partial charge in [-0.15, -0.1) is 0 Å². The molecule has 1 aromatic heterocycles. The Bertz CT molecular complexity index is 1240. The minimum atomic E-state index is -4.54. The minimum absolute atomic E-state index is 0.0771. The van der Waals surface area contributed by atoms with Gasteiger partial charge in [-0.3, -0.25) is 4.79 Å². The molecule has 0 fully saturated rings. The van der Waals surface area contributed by atoms with E-state index in [9.17, 15) is 18.0 Å². The van der Waals surface area contributed by atoms with Crippen molar-refractivity contribution in [3.63, 3.8) is 0 Å². The highest BCUT2D eigenvalue weighted by Gasteiger charge is 2.47. The molecule has 2 aromatic carbocycles. The molecule has 2 aliphatic heterocycles. The molecule has 0 aliphatic carbocycles. The molecule has 2 atom stereocenters. The van der Waals surface area contributed by atoms with Crippen LogP contribution in [0.25, 0.3) is 0 Å². The Hall–Kier alpha value is -3.69. The van der Waals surface area contributed by atoms with Gasteiger partial charge in [-0.05, 0) is 48.7 Å². The standard InChI is InChI=1S/C23H21F3N4O3/c1-12-3-4-13(2)15(7-12)28-22(31)17-10-21-27-16(9-20(23(24,25)26)30(21)29-17)14-5-6-18-19(8-14)33-11-32-18/h3-8,10,16,20,27H,9,11H2,1-2H3,(H,28,31). The molecular formula is C23H21F3N4O3. The van der Waals surface area contributed by atoms with E-state index in [0.29, 0.717) is 22.7 Å². The second-order valence-corrected chi connectivity index (χ2v) is 8.23. The first-order chi connectivity index (χ1) is 15.7. The van der Waals surface area contributed by atoms with Gasteiger partial charge in [-0.1, -0.05) is 18.2 Å². The highest BCUT2D eigenvalue weighted by Crippen LogP contribution is 2.45. The Kier molecular flexibility index (Phi) is 4.95. The molecule has 2 N–H and O–H groups in total. The second-order valence-electron chi connectivity index (χ2n) is 8.23. The van der Waals surface area contributed by atoms with Crippen molar-refractivity contribution >= 4 is 17.4 Å². The predicted molar refractivity (Wildman–Crippen MR) is 115 cm³/mol. The number of benzene rings is 2. The van der Waals surface area contributed by atoms with E-state index in [-0.39, 0.29) is 24.7 Å². The zero-order valence-corrected chi connectivity index (χ0v) is 17.9. The van der Waals surface area contributed by atoms with Gasteiger partial charge in [0, 0.05) is 18.2 Å². The van der Waals surface area contributed by atoms with Crippen molar-refractivity contribution < 1.29 is 27.4 Å². The van der Waals surface area contributed by atoms with Crippen LogP contribution in [0.15, 0.2) is 42.5 Å². The quantitative estimate of drug-likeness (QED) is 0.568. The van der Waals surface area contributed by atoms with Crippen LogP contribution in [0.5, 0.6) is 11.5 Å². The van der Waals surface area contributed by atoms with E-state index >= 15 is 0 Å². The van der Waals surface area contributed by atoms with Gasteiger partial charge in [-0.2, -0.15) is 18.3 Å². The van der Waals surface area contributed by atoms with Gasteiger partial charge in [0.05, 0.1) is 6.04 Å². The predicted octanol–water partition coefficient (Wildman–Crippen LogP) is 5.14. The number of nitrogens with one attached hydrogen (secondary N) is 2. The number of hydrogen-bond donors (Lipinski definition) is 2. The van der Waals surface area contributed by atoms with Gasteiger partial charge in [-0.25, -0.2) is 4.68 Å². The highest BCUT2D eigenvalue weighted by molar-refractivity contribution is 6.03. The van der Waals surface area contributed by atoms with Gasteiger partial charge < -0.3 is 20.1 Å². The van der Waals surface area contributed by atoms with Crippen molar-refractivity contribution in [2.75, 3.05) is 17.4 Å². The molecule has 33 heavy (non-hydrogen) atoms. The number of aromatic nitrogens is 2. The summed E-state index contributed by atoms with van der Waals surface area (Å²) in [4.78, 5) is 12.8. The van der Waals surface area contributed by atoms with E-state index in [0.717, 1.165) is 15.8 Å². The zero-order valence-electron chi connectivity index (χ0n) is 17.9. The summed E-state index contributed by atoms with van der Waals surface area (Å²) in [5.41, 5.74) is 2.91. The first-order valence-electron chi connectivity index (χ1n) is 10.4. The largest absolute Gasteiger partial charge is 0.454 e. The number of alkyl halides is 3. The Morgan fingerprint density at radius 3 is 2.70 bits per heavy atom. The maximum absolute atomic E-state index is 13.9. The Balaban J connectivity index is 1.45. The van der Waals surface area contributed by atoms with E-state index in [2.05, 4.69) is 15.7 Å². The van der Waals surface area contributed by atoms with Crippen molar-refractivity contribution in [1.82, 2.24) is 9.78 Å². The molecule has 0 saturated carbocycles.